The van der Waals surface area contributed by atoms with Crippen molar-refractivity contribution in [2.75, 3.05) is 18.4 Å². The van der Waals surface area contributed by atoms with Gasteiger partial charge < -0.3 is 16.4 Å². The SMILES string of the molecule is Cc1cc(C)c(C(N)=O)c(NC2CCCCNC2)n1. The van der Waals surface area contributed by atoms with Crippen LogP contribution in [0.25, 0.3) is 0 Å². The summed E-state index contributed by atoms with van der Waals surface area (Å²) in [5.41, 5.74) is 7.75. The molecule has 1 fully saturated rings. The van der Waals surface area contributed by atoms with Crippen molar-refractivity contribution in [2.45, 2.75) is 39.2 Å². The van der Waals surface area contributed by atoms with Crippen molar-refractivity contribution in [1.82, 2.24) is 10.3 Å². The van der Waals surface area contributed by atoms with Crippen LogP contribution in [-0.2, 0) is 0 Å². The maximum absolute atomic E-state index is 11.6. The molecular weight excluding hydrogens is 240 g/mol. The maximum Gasteiger partial charge on any atom is 0.252 e. The van der Waals surface area contributed by atoms with Crippen LogP contribution in [0.2, 0.25) is 0 Å². The molecule has 0 spiro atoms. The molecule has 1 aromatic heterocycles. The molecular formula is C14H22N4O. The molecule has 4 N–H and O–H groups in total. The van der Waals surface area contributed by atoms with E-state index < -0.39 is 5.91 Å². The first-order chi connectivity index (χ1) is 9.08. The van der Waals surface area contributed by atoms with Gasteiger partial charge in [0.1, 0.15) is 5.82 Å². The van der Waals surface area contributed by atoms with E-state index in [-0.39, 0.29) is 0 Å². The summed E-state index contributed by atoms with van der Waals surface area (Å²) in [7, 11) is 0. The van der Waals surface area contributed by atoms with Crippen molar-refractivity contribution >= 4 is 11.7 Å². The van der Waals surface area contributed by atoms with E-state index in [0.29, 0.717) is 17.4 Å². The molecule has 1 aliphatic heterocycles. The number of amides is 1. The Balaban J connectivity index is 2.24. The lowest BCUT2D eigenvalue weighted by atomic mass is 10.1. The minimum atomic E-state index is -0.422. The molecule has 1 aromatic rings. The summed E-state index contributed by atoms with van der Waals surface area (Å²) in [5.74, 6) is 0.202. The van der Waals surface area contributed by atoms with E-state index in [1.54, 1.807) is 0 Å². The number of nitrogens with zero attached hydrogens (tertiary/aromatic N) is 1. The number of nitrogens with two attached hydrogens (primary N) is 1. The number of aromatic nitrogens is 1. The molecule has 104 valence electrons. The van der Waals surface area contributed by atoms with Gasteiger partial charge in [-0.15, -0.1) is 0 Å². The fourth-order valence-electron chi connectivity index (χ4n) is 2.59. The Morgan fingerprint density at radius 3 is 3.00 bits per heavy atom. The average Bonchev–Trinajstić information content (AvgIpc) is 2.56. The molecule has 5 nitrogen and oxygen atoms in total. The van der Waals surface area contributed by atoms with Gasteiger partial charge in [-0.25, -0.2) is 4.98 Å². The van der Waals surface area contributed by atoms with E-state index in [1.165, 1.54) is 12.8 Å². The smallest absolute Gasteiger partial charge is 0.252 e. The van der Waals surface area contributed by atoms with Gasteiger partial charge in [0.15, 0.2) is 0 Å². The normalized spacial score (nSPS) is 19.8. The number of carbonyl (C=O) groups excluding carboxylic acids is 1. The van der Waals surface area contributed by atoms with E-state index >= 15 is 0 Å². The lowest BCUT2D eigenvalue weighted by Crippen LogP contribution is -2.32. The third kappa shape index (κ3) is 3.44. The van der Waals surface area contributed by atoms with Crippen LogP contribution in [-0.4, -0.2) is 30.0 Å². The van der Waals surface area contributed by atoms with E-state index in [0.717, 1.165) is 30.8 Å². The van der Waals surface area contributed by atoms with E-state index in [1.807, 2.05) is 19.9 Å². The highest BCUT2D eigenvalue weighted by Crippen LogP contribution is 2.20. The van der Waals surface area contributed by atoms with E-state index in [4.69, 9.17) is 5.73 Å². The molecule has 0 radical (unpaired) electrons. The van der Waals surface area contributed by atoms with Gasteiger partial charge in [0.25, 0.3) is 5.91 Å². The first-order valence-corrected chi connectivity index (χ1v) is 6.83. The van der Waals surface area contributed by atoms with Crippen LogP contribution >= 0.6 is 0 Å². The van der Waals surface area contributed by atoms with Gasteiger partial charge in [-0.05, 0) is 44.9 Å². The Hall–Kier alpha value is -1.62. The number of nitrogens with one attached hydrogen (secondary N) is 2. The van der Waals surface area contributed by atoms with Gasteiger partial charge in [0.2, 0.25) is 0 Å². The molecule has 1 unspecified atom stereocenters. The summed E-state index contributed by atoms with van der Waals surface area (Å²) in [6.45, 7) is 5.77. The molecule has 0 saturated carbocycles. The Morgan fingerprint density at radius 1 is 1.47 bits per heavy atom. The van der Waals surface area contributed by atoms with Crippen molar-refractivity contribution in [2.24, 2.45) is 5.73 Å². The number of rotatable bonds is 3. The summed E-state index contributed by atoms with van der Waals surface area (Å²) in [6, 6.07) is 2.19. The molecule has 5 heteroatoms. The Bertz CT molecular complexity index is 465. The molecule has 2 heterocycles. The minimum absolute atomic E-state index is 0.300. The number of hydrogen-bond donors (Lipinski definition) is 3. The topological polar surface area (TPSA) is 80.0 Å². The average molecular weight is 262 g/mol. The van der Waals surface area contributed by atoms with Crippen LogP contribution in [0.1, 0.15) is 40.9 Å². The van der Waals surface area contributed by atoms with Crippen LogP contribution in [0, 0.1) is 13.8 Å². The molecule has 2 rings (SSSR count). The van der Waals surface area contributed by atoms with Crippen molar-refractivity contribution in [3.63, 3.8) is 0 Å². The largest absolute Gasteiger partial charge is 0.365 e. The van der Waals surface area contributed by atoms with Crippen molar-refractivity contribution in [1.29, 1.82) is 0 Å². The van der Waals surface area contributed by atoms with Crippen LogP contribution in [0.3, 0.4) is 0 Å². The van der Waals surface area contributed by atoms with Crippen LogP contribution in [0.15, 0.2) is 6.07 Å². The van der Waals surface area contributed by atoms with Crippen molar-refractivity contribution in [3.8, 4) is 0 Å². The predicted octanol–water partition coefficient (Wildman–Crippen LogP) is 1.35. The lowest BCUT2D eigenvalue weighted by molar-refractivity contribution is 0.1000. The monoisotopic (exact) mass is 262 g/mol. The van der Waals surface area contributed by atoms with Crippen LogP contribution < -0.4 is 16.4 Å². The van der Waals surface area contributed by atoms with Crippen LogP contribution in [0.4, 0.5) is 5.82 Å². The fourth-order valence-corrected chi connectivity index (χ4v) is 2.59. The highest BCUT2D eigenvalue weighted by atomic mass is 16.1. The predicted molar refractivity (Wildman–Crippen MR) is 76.4 cm³/mol. The number of pyridine rings is 1. The Morgan fingerprint density at radius 2 is 2.26 bits per heavy atom. The molecule has 19 heavy (non-hydrogen) atoms. The van der Waals surface area contributed by atoms with Gasteiger partial charge in [-0.3, -0.25) is 4.79 Å². The molecule has 1 aliphatic rings. The Labute approximate surface area is 114 Å². The lowest BCUT2D eigenvalue weighted by Gasteiger charge is -2.20. The molecule has 0 aliphatic carbocycles. The van der Waals surface area contributed by atoms with Gasteiger partial charge in [-0.2, -0.15) is 0 Å². The summed E-state index contributed by atoms with van der Waals surface area (Å²) < 4.78 is 0. The summed E-state index contributed by atoms with van der Waals surface area (Å²) in [5, 5.41) is 6.77. The first kappa shape index (κ1) is 13.8. The first-order valence-electron chi connectivity index (χ1n) is 6.83. The highest BCUT2D eigenvalue weighted by Gasteiger charge is 2.18. The second kappa shape index (κ2) is 6.02. The van der Waals surface area contributed by atoms with Crippen molar-refractivity contribution in [3.05, 3.63) is 22.9 Å². The quantitative estimate of drug-likeness (QED) is 0.768. The van der Waals surface area contributed by atoms with Crippen LogP contribution in [0.5, 0.6) is 0 Å². The van der Waals surface area contributed by atoms with Gasteiger partial charge in [0, 0.05) is 18.3 Å². The second-order valence-electron chi connectivity index (χ2n) is 5.21. The molecule has 1 saturated heterocycles. The molecule has 1 amide bonds. The zero-order valence-electron chi connectivity index (χ0n) is 11.6. The maximum atomic E-state index is 11.6. The summed E-state index contributed by atoms with van der Waals surface area (Å²) >= 11 is 0. The third-order valence-corrected chi connectivity index (χ3v) is 3.48. The summed E-state index contributed by atoms with van der Waals surface area (Å²) in [6.07, 6.45) is 3.46. The van der Waals surface area contributed by atoms with E-state index in [9.17, 15) is 4.79 Å². The van der Waals surface area contributed by atoms with Gasteiger partial charge in [0.05, 0.1) is 5.56 Å². The molecule has 0 bridgehead atoms. The van der Waals surface area contributed by atoms with Gasteiger partial charge in [-0.1, -0.05) is 6.42 Å². The fraction of sp³-hybridized carbons (Fsp3) is 0.571. The molecule has 0 aromatic carbocycles. The zero-order chi connectivity index (χ0) is 13.8. The van der Waals surface area contributed by atoms with E-state index in [2.05, 4.69) is 15.6 Å². The number of primary amides is 1. The van der Waals surface area contributed by atoms with Crippen molar-refractivity contribution < 1.29 is 4.79 Å². The Kier molecular flexibility index (Phi) is 4.37. The molecule has 1 atom stereocenters. The minimum Gasteiger partial charge on any atom is -0.365 e. The zero-order valence-corrected chi connectivity index (χ0v) is 11.6. The number of hydrogen-bond acceptors (Lipinski definition) is 4. The third-order valence-electron chi connectivity index (χ3n) is 3.48. The standard InChI is InChI=1S/C14H22N4O/c1-9-7-10(2)17-14(12(9)13(15)19)18-11-5-3-4-6-16-8-11/h7,11,16H,3-6,8H2,1-2H3,(H2,15,19)(H,17,18). The van der Waals surface area contributed by atoms with Gasteiger partial charge >= 0.3 is 0 Å². The highest BCUT2D eigenvalue weighted by molar-refractivity contribution is 5.99. The summed E-state index contributed by atoms with van der Waals surface area (Å²) in [4.78, 5) is 16.0. The second-order valence-corrected chi connectivity index (χ2v) is 5.21. The number of carbonyl (C=O) groups is 1. The number of aryl methyl sites for hydroxylation is 2. The number of anilines is 1.